The molecule has 3 aromatic rings. The number of rotatable bonds is 2. The minimum absolute atomic E-state index is 0.472. The molecule has 92 valence electrons. The van der Waals surface area contributed by atoms with E-state index in [2.05, 4.69) is 5.10 Å². The zero-order valence-electron chi connectivity index (χ0n) is 10.2. The molecule has 0 saturated heterocycles. The molecule has 1 aromatic carbocycles. The van der Waals surface area contributed by atoms with Gasteiger partial charge in [-0.15, -0.1) is 0 Å². The van der Waals surface area contributed by atoms with Crippen LogP contribution in [0.1, 0.15) is 0 Å². The van der Waals surface area contributed by atoms with E-state index >= 15 is 0 Å². The fraction of sp³-hybridized carbons (Fsp3) is 0.154. The number of hydrogen-bond acceptors (Lipinski definition) is 4. The highest BCUT2D eigenvalue weighted by Crippen LogP contribution is 2.33. The van der Waals surface area contributed by atoms with Crippen molar-refractivity contribution in [2.24, 2.45) is 7.05 Å². The first kappa shape index (κ1) is 10.7. The highest BCUT2D eigenvalue weighted by atomic mass is 16.5. The van der Waals surface area contributed by atoms with Crippen LogP contribution in [0, 0.1) is 0 Å². The number of hydrogen-bond donors (Lipinski definition) is 1. The van der Waals surface area contributed by atoms with Crippen LogP contribution in [0.25, 0.3) is 22.4 Å². The number of anilines is 1. The highest BCUT2D eigenvalue weighted by molar-refractivity contribution is 5.88. The lowest BCUT2D eigenvalue weighted by Gasteiger charge is -1.98. The molecule has 0 spiro atoms. The average Bonchev–Trinajstić information content (AvgIpc) is 2.91. The molecule has 0 bridgehead atoms. The van der Waals surface area contributed by atoms with Gasteiger partial charge in [-0.05, 0) is 18.2 Å². The maximum atomic E-state index is 5.79. The van der Waals surface area contributed by atoms with Crippen LogP contribution in [0.5, 0.6) is 5.75 Å². The van der Waals surface area contributed by atoms with E-state index in [1.165, 1.54) is 0 Å². The van der Waals surface area contributed by atoms with Crippen LogP contribution in [-0.2, 0) is 7.05 Å². The Bertz CT molecular complexity index is 712. The Morgan fingerprint density at radius 1 is 1.33 bits per heavy atom. The van der Waals surface area contributed by atoms with Crippen LogP contribution in [-0.4, -0.2) is 16.9 Å². The van der Waals surface area contributed by atoms with E-state index in [0.29, 0.717) is 5.82 Å². The van der Waals surface area contributed by atoms with Crippen molar-refractivity contribution in [2.75, 3.05) is 12.8 Å². The molecule has 2 heterocycles. The number of ether oxygens (including phenoxy) is 1. The number of fused-ring (bicyclic) bond motifs is 1. The van der Waals surface area contributed by atoms with Gasteiger partial charge in [0.05, 0.1) is 12.5 Å². The highest BCUT2D eigenvalue weighted by Gasteiger charge is 2.13. The van der Waals surface area contributed by atoms with Gasteiger partial charge in [0.2, 0.25) is 0 Å². The molecule has 0 fully saturated rings. The molecule has 5 nitrogen and oxygen atoms in total. The predicted octanol–water partition coefficient (Wildman–Crippen LogP) is 2.42. The van der Waals surface area contributed by atoms with Gasteiger partial charge < -0.3 is 14.9 Å². The third kappa shape index (κ3) is 1.52. The summed E-state index contributed by atoms with van der Waals surface area (Å²) in [5.41, 5.74) is 7.29. The van der Waals surface area contributed by atoms with Gasteiger partial charge in [0.25, 0.3) is 0 Å². The van der Waals surface area contributed by atoms with Crippen molar-refractivity contribution >= 4 is 16.8 Å². The van der Waals surface area contributed by atoms with Crippen LogP contribution < -0.4 is 10.5 Å². The summed E-state index contributed by atoms with van der Waals surface area (Å²) in [6, 6.07) is 9.42. The molecular formula is C13H13N3O2. The van der Waals surface area contributed by atoms with Gasteiger partial charge in [0.15, 0.2) is 5.76 Å². The second kappa shape index (κ2) is 3.80. The Labute approximate surface area is 104 Å². The largest absolute Gasteiger partial charge is 0.496 e. The number of benzene rings is 1. The first-order chi connectivity index (χ1) is 8.69. The number of nitrogen functional groups attached to an aromatic ring is 1. The Balaban J connectivity index is 2.22. The van der Waals surface area contributed by atoms with Crippen molar-refractivity contribution in [1.29, 1.82) is 0 Å². The van der Waals surface area contributed by atoms with Crippen LogP contribution in [0.4, 0.5) is 5.82 Å². The van der Waals surface area contributed by atoms with Gasteiger partial charge in [-0.3, -0.25) is 4.68 Å². The summed E-state index contributed by atoms with van der Waals surface area (Å²) in [6.45, 7) is 0. The minimum atomic E-state index is 0.472. The van der Waals surface area contributed by atoms with Gasteiger partial charge >= 0.3 is 0 Å². The van der Waals surface area contributed by atoms with Gasteiger partial charge in [0.1, 0.15) is 22.8 Å². The second-order valence-electron chi connectivity index (χ2n) is 4.06. The first-order valence-corrected chi connectivity index (χ1v) is 5.55. The van der Waals surface area contributed by atoms with Crippen LogP contribution in [0.2, 0.25) is 0 Å². The standard InChI is InChI=1S/C13H13N3O2/c1-16-9(7-13(14)15-16)12-6-8-10(17-2)4-3-5-11(8)18-12/h3-7H,1-2H3,(H2,14,15). The van der Waals surface area contributed by atoms with Gasteiger partial charge in [-0.2, -0.15) is 5.10 Å². The molecule has 0 unspecified atom stereocenters. The molecule has 0 aliphatic carbocycles. The molecule has 0 aliphatic heterocycles. The molecule has 0 atom stereocenters. The molecule has 0 saturated carbocycles. The minimum Gasteiger partial charge on any atom is -0.496 e. The Morgan fingerprint density at radius 2 is 2.17 bits per heavy atom. The Hall–Kier alpha value is -2.43. The van der Waals surface area contributed by atoms with Crippen molar-refractivity contribution in [3.63, 3.8) is 0 Å². The number of nitrogens with zero attached hydrogens (tertiary/aromatic N) is 2. The predicted molar refractivity (Wildman–Crippen MR) is 69.4 cm³/mol. The number of aryl methyl sites for hydroxylation is 1. The van der Waals surface area contributed by atoms with E-state index in [1.807, 2.05) is 31.3 Å². The lowest BCUT2D eigenvalue weighted by atomic mass is 10.2. The fourth-order valence-electron chi connectivity index (χ4n) is 2.06. The molecule has 0 amide bonds. The fourth-order valence-corrected chi connectivity index (χ4v) is 2.06. The molecule has 18 heavy (non-hydrogen) atoms. The van der Waals surface area contributed by atoms with E-state index in [4.69, 9.17) is 14.9 Å². The zero-order chi connectivity index (χ0) is 12.7. The van der Waals surface area contributed by atoms with Crippen LogP contribution in [0.15, 0.2) is 34.7 Å². The van der Waals surface area contributed by atoms with Crippen LogP contribution in [0.3, 0.4) is 0 Å². The summed E-state index contributed by atoms with van der Waals surface area (Å²) in [4.78, 5) is 0. The summed E-state index contributed by atoms with van der Waals surface area (Å²) >= 11 is 0. The quantitative estimate of drug-likeness (QED) is 0.750. The summed E-state index contributed by atoms with van der Waals surface area (Å²) < 4.78 is 12.8. The first-order valence-electron chi connectivity index (χ1n) is 5.55. The van der Waals surface area contributed by atoms with Crippen molar-refractivity contribution in [3.05, 3.63) is 30.3 Å². The smallest absolute Gasteiger partial charge is 0.153 e. The van der Waals surface area contributed by atoms with E-state index < -0.39 is 0 Å². The summed E-state index contributed by atoms with van der Waals surface area (Å²) in [7, 11) is 3.47. The monoisotopic (exact) mass is 243 g/mol. The molecule has 3 rings (SSSR count). The topological polar surface area (TPSA) is 66.2 Å². The van der Waals surface area contributed by atoms with Crippen molar-refractivity contribution in [1.82, 2.24) is 9.78 Å². The summed E-state index contributed by atoms with van der Waals surface area (Å²) in [5, 5.41) is 5.04. The van der Waals surface area contributed by atoms with E-state index in [9.17, 15) is 0 Å². The van der Waals surface area contributed by atoms with E-state index in [-0.39, 0.29) is 0 Å². The van der Waals surface area contributed by atoms with Crippen molar-refractivity contribution in [3.8, 4) is 17.2 Å². The van der Waals surface area contributed by atoms with Crippen molar-refractivity contribution < 1.29 is 9.15 Å². The third-order valence-corrected chi connectivity index (χ3v) is 2.89. The molecular weight excluding hydrogens is 230 g/mol. The Kier molecular flexibility index (Phi) is 2.26. The number of nitrogens with two attached hydrogens (primary N) is 1. The van der Waals surface area contributed by atoms with Crippen molar-refractivity contribution in [2.45, 2.75) is 0 Å². The lowest BCUT2D eigenvalue weighted by molar-refractivity contribution is 0.419. The molecule has 0 radical (unpaired) electrons. The summed E-state index contributed by atoms with van der Waals surface area (Å²) in [5.74, 6) is 1.98. The Morgan fingerprint density at radius 3 is 2.83 bits per heavy atom. The lowest BCUT2D eigenvalue weighted by Crippen LogP contribution is -1.93. The number of furan rings is 1. The third-order valence-electron chi connectivity index (χ3n) is 2.89. The van der Waals surface area contributed by atoms with E-state index in [0.717, 1.165) is 28.2 Å². The van der Waals surface area contributed by atoms with Gasteiger partial charge in [-0.1, -0.05) is 6.07 Å². The van der Waals surface area contributed by atoms with Gasteiger partial charge in [0, 0.05) is 13.1 Å². The molecule has 2 N–H and O–H groups in total. The van der Waals surface area contributed by atoms with E-state index in [1.54, 1.807) is 17.9 Å². The second-order valence-corrected chi connectivity index (χ2v) is 4.06. The maximum absolute atomic E-state index is 5.79. The van der Waals surface area contributed by atoms with Gasteiger partial charge in [-0.25, -0.2) is 0 Å². The summed E-state index contributed by atoms with van der Waals surface area (Å²) in [6.07, 6.45) is 0. The zero-order valence-corrected chi connectivity index (χ0v) is 10.2. The molecule has 5 heteroatoms. The normalized spacial score (nSPS) is 11.0. The number of aromatic nitrogens is 2. The number of methoxy groups -OCH3 is 1. The molecule has 2 aromatic heterocycles. The maximum Gasteiger partial charge on any atom is 0.153 e. The molecule has 0 aliphatic rings. The SMILES string of the molecule is COc1cccc2oc(-c3cc(N)nn3C)cc12. The average molecular weight is 243 g/mol. The van der Waals surface area contributed by atoms with Crippen LogP contribution >= 0.6 is 0 Å².